The van der Waals surface area contributed by atoms with Gasteiger partial charge in [0.2, 0.25) is 11.8 Å². The zero-order valence-electron chi connectivity index (χ0n) is 15.8. The van der Waals surface area contributed by atoms with Crippen molar-refractivity contribution >= 4 is 23.2 Å². The molecule has 2 amide bonds. The van der Waals surface area contributed by atoms with Crippen LogP contribution in [-0.2, 0) is 16.1 Å². The number of carbonyl (C=O) groups excluding carboxylic acids is 2. The van der Waals surface area contributed by atoms with Crippen molar-refractivity contribution in [2.45, 2.75) is 39.2 Å². The fraction of sp³-hybridized carbons (Fsp3) is 0.429. The number of furan rings is 1. The third-order valence-electron chi connectivity index (χ3n) is 4.87. The Kier molecular flexibility index (Phi) is 6.52. The van der Waals surface area contributed by atoms with Gasteiger partial charge in [-0.25, -0.2) is 0 Å². The van der Waals surface area contributed by atoms with Crippen LogP contribution in [0, 0.1) is 0 Å². The van der Waals surface area contributed by atoms with Crippen LogP contribution >= 0.6 is 0 Å². The number of hydrogen-bond acceptors (Lipinski definition) is 4. The molecule has 2 aromatic rings. The first-order valence-electron chi connectivity index (χ1n) is 9.55. The van der Waals surface area contributed by atoms with Gasteiger partial charge < -0.3 is 19.5 Å². The second kappa shape index (κ2) is 9.26. The minimum Gasteiger partial charge on any atom is -0.467 e. The molecule has 0 saturated carbocycles. The third-order valence-corrected chi connectivity index (χ3v) is 4.87. The van der Waals surface area contributed by atoms with E-state index in [1.54, 1.807) is 17.2 Å². The minimum atomic E-state index is -0.109. The molecule has 6 heteroatoms. The van der Waals surface area contributed by atoms with E-state index in [1.165, 1.54) is 31.9 Å². The topological polar surface area (TPSA) is 65.8 Å². The van der Waals surface area contributed by atoms with Crippen LogP contribution in [0.1, 0.15) is 38.4 Å². The molecule has 1 saturated heterocycles. The van der Waals surface area contributed by atoms with Gasteiger partial charge in [0.05, 0.1) is 12.8 Å². The highest BCUT2D eigenvalue weighted by molar-refractivity contribution is 5.92. The summed E-state index contributed by atoms with van der Waals surface area (Å²) in [5.74, 6) is 0.530. The molecular weight excluding hydrogens is 342 g/mol. The van der Waals surface area contributed by atoms with Crippen LogP contribution in [0.5, 0.6) is 0 Å². The van der Waals surface area contributed by atoms with Gasteiger partial charge in [0.25, 0.3) is 0 Å². The lowest BCUT2D eigenvalue weighted by Crippen LogP contribution is -2.34. The zero-order valence-corrected chi connectivity index (χ0v) is 15.8. The lowest BCUT2D eigenvalue weighted by molar-refractivity contribution is -0.121. The standard InChI is InChI=1S/C21H27N3O3/c1-17(25)24(14-11-21(26)22-16-20-6-5-15-27-20)19-9-7-18(8-10-19)23-12-3-2-4-13-23/h5-10,15H,2-4,11-14,16H2,1H3,(H,22,26). The summed E-state index contributed by atoms with van der Waals surface area (Å²) in [5, 5.41) is 2.81. The van der Waals surface area contributed by atoms with E-state index in [2.05, 4.69) is 22.3 Å². The molecule has 0 bridgehead atoms. The summed E-state index contributed by atoms with van der Waals surface area (Å²) < 4.78 is 5.19. The Morgan fingerprint density at radius 1 is 1.11 bits per heavy atom. The Morgan fingerprint density at radius 2 is 1.85 bits per heavy atom. The van der Waals surface area contributed by atoms with E-state index in [0.717, 1.165) is 18.8 Å². The SMILES string of the molecule is CC(=O)N(CCC(=O)NCc1ccco1)c1ccc(N2CCCCC2)cc1. The van der Waals surface area contributed by atoms with E-state index in [1.807, 2.05) is 18.2 Å². The molecule has 2 heterocycles. The Bertz CT molecular complexity index is 735. The molecule has 1 aliphatic heterocycles. The first kappa shape index (κ1) is 19.0. The van der Waals surface area contributed by atoms with Crippen molar-refractivity contribution in [1.82, 2.24) is 5.32 Å². The van der Waals surface area contributed by atoms with E-state index >= 15 is 0 Å². The highest BCUT2D eigenvalue weighted by atomic mass is 16.3. The van der Waals surface area contributed by atoms with E-state index in [9.17, 15) is 9.59 Å². The van der Waals surface area contributed by atoms with Gasteiger partial charge in [-0.05, 0) is 55.7 Å². The molecule has 6 nitrogen and oxygen atoms in total. The number of piperidine rings is 1. The number of hydrogen-bond donors (Lipinski definition) is 1. The molecule has 1 aromatic carbocycles. The fourth-order valence-electron chi connectivity index (χ4n) is 3.36. The lowest BCUT2D eigenvalue weighted by atomic mass is 10.1. The first-order valence-corrected chi connectivity index (χ1v) is 9.55. The Hall–Kier alpha value is -2.76. The largest absolute Gasteiger partial charge is 0.467 e. The maximum absolute atomic E-state index is 12.1. The van der Waals surface area contributed by atoms with E-state index in [4.69, 9.17) is 4.42 Å². The van der Waals surface area contributed by atoms with Gasteiger partial charge in [0, 0.05) is 44.4 Å². The molecule has 1 N–H and O–H groups in total. The quantitative estimate of drug-likeness (QED) is 0.813. The number of nitrogens with zero attached hydrogens (tertiary/aromatic N) is 2. The Morgan fingerprint density at radius 3 is 2.48 bits per heavy atom. The lowest BCUT2D eigenvalue weighted by Gasteiger charge is -2.29. The molecule has 0 spiro atoms. The van der Waals surface area contributed by atoms with Crippen LogP contribution in [0.2, 0.25) is 0 Å². The average Bonchev–Trinajstić information content (AvgIpc) is 3.21. The van der Waals surface area contributed by atoms with Crippen molar-refractivity contribution in [2.24, 2.45) is 0 Å². The molecule has 0 unspecified atom stereocenters. The first-order chi connectivity index (χ1) is 13.1. The molecule has 0 radical (unpaired) electrons. The van der Waals surface area contributed by atoms with Gasteiger partial charge in [-0.15, -0.1) is 0 Å². The summed E-state index contributed by atoms with van der Waals surface area (Å²) in [6.07, 6.45) is 5.58. The molecule has 27 heavy (non-hydrogen) atoms. The number of carbonyl (C=O) groups is 2. The van der Waals surface area contributed by atoms with Crippen LogP contribution in [0.25, 0.3) is 0 Å². The van der Waals surface area contributed by atoms with E-state index in [0.29, 0.717) is 18.8 Å². The smallest absolute Gasteiger partial charge is 0.223 e. The van der Waals surface area contributed by atoms with Crippen molar-refractivity contribution in [3.8, 4) is 0 Å². The normalized spacial score (nSPS) is 14.0. The third kappa shape index (κ3) is 5.36. The molecule has 1 aromatic heterocycles. The van der Waals surface area contributed by atoms with Gasteiger partial charge >= 0.3 is 0 Å². The molecular formula is C21H27N3O3. The number of anilines is 2. The highest BCUT2D eigenvalue weighted by Gasteiger charge is 2.15. The predicted molar refractivity (Wildman–Crippen MR) is 106 cm³/mol. The Labute approximate surface area is 160 Å². The summed E-state index contributed by atoms with van der Waals surface area (Å²) in [6, 6.07) is 11.7. The maximum Gasteiger partial charge on any atom is 0.223 e. The second-order valence-corrected chi connectivity index (χ2v) is 6.84. The number of rotatable bonds is 7. The van der Waals surface area contributed by atoms with Gasteiger partial charge in [0.15, 0.2) is 0 Å². The molecule has 1 fully saturated rings. The Balaban J connectivity index is 1.54. The van der Waals surface area contributed by atoms with Gasteiger partial charge in [-0.1, -0.05) is 0 Å². The zero-order chi connectivity index (χ0) is 19.1. The number of amides is 2. The molecule has 1 aliphatic rings. The van der Waals surface area contributed by atoms with Crippen molar-refractivity contribution in [1.29, 1.82) is 0 Å². The molecule has 144 valence electrons. The van der Waals surface area contributed by atoms with Crippen LogP contribution in [0.15, 0.2) is 47.1 Å². The summed E-state index contributed by atoms with van der Waals surface area (Å²) in [4.78, 5) is 28.1. The summed E-state index contributed by atoms with van der Waals surface area (Å²) in [5.41, 5.74) is 2.01. The summed E-state index contributed by atoms with van der Waals surface area (Å²) in [6.45, 7) is 4.41. The molecule has 3 rings (SSSR count). The van der Waals surface area contributed by atoms with Gasteiger partial charge in [0.1, 0.15) is 5.76 Å². The fourth-order valence-corrected chi connectivity index (χ4v) is 3.36. The number of benzene rings is 1. The van der Waals surface area contributed by atoms with Gasteiger partial charge in [-0.3, -0.25) is 9.59 Å². The highest BCUT2D eigenvalue weighted by Crippen LogP contribution is 2.24. The predicted octanol–water partition coefficient (Wildman–Crippen LogP) is 3.33. The van der Waals surface area contributed by atoms with Crippen LogP contribution in [0.4, 0.5) is 11.4 Å². The van der Waals surface area contributed by atoms with Crippen LogP contribution in [-0.4, -0.2) is 31.4 Å². The number of nitrogens with one attached hydrogen (secondary N) is 1. The van der Waals surface area contributed by atoms with Crippen LogP contribution in [0.3, 0.4) is 0 Å². The maximum atomic E-state index is 12.1. The summed E-state index contributed by atoms with van der Waals surface area (Å²) in [7, 11) is 0. The van der Waals surface area contributed by atoms with Crippen molar-refractivity contribution in [3.05, 3.63) is 48.4 Å². The van der Waals surface area contributed by atoms with E-state index < -0.39 is 0 Å². The van der Waals surface area contributed by atoms with Crippen LogP contribution < -0.4 is 15.1 Å². The average molecular weight is 369 g/mol. The van der Waals surface area contributed by atoms with Crippen molar-refractivity contribution in [3.63, 3.8) is 0 Å². The van der Waals surface area contributed by atoms with Crippen molar-refractivity contribution < 1.29 is 14.0 Å². The monoisotopic (exact) mass is 369 g/mol. The van der Waals surface area contributed by atoms with Crippen molar-refractivity contribution in [2.75, 3.05) is 29.4 Å². The van der Waals surface area contributed by atoms with E-state index in [-0.39, 0.29) is 18.2 Å². The molecule has 0 aliphatic carbocycles. The second-order valence-electron chi connectivity index (χ2n) is 6.84. The molecule has 0 atom stereocenters. The minimum absolute atomic E-state index is 0.0699. The summed E-state index contributed by atoms with van der Waals surface area (Å²) >= 11 is 0. The van der Waals surface area contributed by atoms with Gasteiger partial charge in [-0.2, -0.15) is 0 Å².